The van der Waals surface area contributed by atoms with E-state index in [9.17, 15) is 22.6 Å². The van der Waals surface area contributed by atoms with E-state index in [-0.39, 0.29) is 23.0 Å². The fourth-order valence-corrected chi connectivity index (χ4v) is 8.55. The first-order chi connectivity index (χ1) is 12.4. The Morgan fingerprint density at radius 1 is 1.22 bits per heavy atom. The predicted molar refractivity (Wildman–Crippen MR) is 109 cm³/mol. The maximum absolute atomic E-state index is 11.8. The molecule has 0 aromatic heterocycles. The van der Waals surface area contributed by atoms with Crippen LogP contribution in [-0.2, 0) is 30.6 Å². The van der Waals surface area contributed by atoms with Crippen molar-refractivity contribution in [3.05, 3.63) is 0 Å². The second-order valence-corrected chi connectivity index (χ2v) is 12.9. The maximum atomic E-state index is 11.8. The molecule has 0 N–H and O–H groups in total. The molecule has 1 saturated heterocycles. The van der Waals surface area contributed by atoms with Crippen molar-refractivity contribution in [2.75, 3.05) is 23.0 Å². The highest BCUT2D eigenvalue weighted by Gasteiger charge is 2.64. The monoisotopic (exact) mass is 418 g/mol. The number of Topliss-reactive ketones (excluding diaryl/α,β-unsaturated/α-hetero) is 2. The van der Waals surface area contributed by atoms with Crippen molar-refractivity contribution in [2.24, 2.45) is 22.7 Å². The number of ketones is 2. The number of hydrogen-bond acceptors (Lipinski definition) is 5. The Balaban J connectivity index is 0.000000199. The van der Waals surface area contributed by atoms with E-state index < -0.39 is 21.3 Å². The molecule has 7 heteroatoms. The van der Waals surface area contributed by atoms with Gasteiger partial charge in [-0.05, 0) is 54.3 Å². The summed E-state index contributed by atoms with van der Waals surface area (Å²) in [4.78, 5) is 23.3. The van der Waals surface area contributed by atoms with Crippen molar-refractivity contribution in [3.8, 4) is 0 Å². The highest BCUT2D eigenvalue weighted by molar-refractivity contribution is 7.97. The van der Waals surface area contributed by atoms with E-state index in [0.717, 1.165) is 12.2 Å². The summed E-state index contributed by atoms with van der Waals surface area (Å²) in [6.45, 7) is 7.85. The zero-order valence-electron chi connectivity index (χ0n) is 17.1. The quantitative estimate of drug-likeness (QED) is 0.506. The molecule has 0 aromatic rings. The first-order valence-corrected chi connectivity index (χ1v) is 13.3. The van der Waals surface area contributed by atoms with Gasteiger partial charge in [0.25, 0.3) is 0 Å². The molecule has 0 aromatic carbocycles. The van der Waals surface area contributed by atoms with Crippen LogP contribution in [-0.4, -0.2) is 47.5 Å². The number of carbonyl (C=O) groups excluding carboxylic acids is 2. The number of rotatable bonds is 5. The minimum atomic E-state index is -4.33. The van der Waals surface area contributed by atoms with Crippen LogP contribution in [0.5, 0.6) is 0 Å². The first-order valence-electron chi connectivity index (χ1n) is 10.0. The van der Waals surface area contributed by atoms with Crippen LogP contribution < -0.4 is 0 Å². The second kappa shape index (κ2) is 8.54. The number of hydrogen-bond donors (Lipinski definition) is 0. The standard InChI is InChI=1S/C10H16O4S.C10H19OS/c1-9(2)7-3-4-10(9,8(11)5-7)6-15(12,13)14;1-9(2)10(11)8-12-6-4-3-5-7-12/h7H,3-6H2,1-2H3,(H,12,13,14);9H,3-8H2,1-2H3/q;+1/p-1. The third-order valence-electron chi connectivity index (χ3n) is 6.92. The van der Waals surface area contributed by atoms with Crippen LogP contribution in [0.2, 0.25) is 0 Å². The van der Waals surface area contributed by atoms with Crippen LogP contribution in [0.25, 0.3) is 0 Å². The van der Waals surface area contributed by atoms with E-state index in [1.54, 1.807) is 0 Å². The van der Waals surface area contributed by atoms with Crippen molar-refractivity contribution in [3.63, 3.8) is 0 Å². The molecular formula is C20H34O5S2. The van der Waals surface area contributed by atoms with Crippen LogP contribution in [0.3, 0.4) is 0 Å². The van der Waals surface area contributed by atoms with Gasteiger partial charge in [-0.3, -0.25) is 9.59 Å². The van der Waals surface area contributed by atoms with Crippen LogP contribution in [0.1, 0.15) is 66.2 Å². The van der Waals surface area contributed by atoms with E-state index in [0.29, 0.717) is 29.5 Å². The summed E-state index contributed by atoms with van der Waals surface area (Å²) in [5.41, 5.74) is -1.22. The molecule has 2 bridgehead atoms. The van der Waals surface area contributed by atoms with Gasteiger partial charge in [0.1, 0.15) is 17.3 Å². The molecule has 2 saturated carbocycles. The number of fused-ring (bicyclic) bond motifs is 2. The van der Waals surface area contributed by atoms with Gasteiger partial charge in [-0.25, -0.2) is 8.42 Å². The molecule has 0 radical (unpaired) electrons. The Kier molecular flexibility index (Phi) is 7.24. The van der Waals surface area contributed by atoms with Gasteiger partial charge in [-0.15, -0.1) is 0 Å². The molecular weight excluding hydrogens is 384 g/mol. The molecule has 3 aliphatic rings. The minimum absolute atomic E-state index is 0.0248. The van der Waals surface area contributed by atoms with Gasteiger partial charge in [-0.2, -0.15) is 0 Å². The van der Waals surface area contributed by atoms with Crippen LogP contribution >= 0.6 is 0 Å². The molecule has 1 aliphatic heterocycles. The van der Waals surface area contributed by atoms with Crippen molar-refractivity contribution < 1.29 is 22.6 Å². The van der Waals surface area contributed by atoms with Crippen molar-refractivity contribution in [1.29, 1.82) is 0 Å². The summed E-state index contributed by atoms with van der Waals surface area (Å²) in [6, 6.07) is 0. The molecule has 156 valence electrons. The van der Waals surface area contributed by atoms with E-state index in [2.05, 4.69) is 0 Å². The lowest BCUT2D eigenvalue weighted by molar-refractivity contribution is -0.128. The Labute approximate surface area is 167 Å². The van der Waals surface area contributed by atoms with Crippen LogP contribution in [0.4, 0.5) is 0 Å². The summed E-state index contributed by atoms with van der Waals surface area (Å²) >= 11 is 0. The molecule has 0 amide bonds. The molecule has 27 heavy (non-hydrogen) atoms. The summed E-state index contributed by atoms with van der Waals surface area (Å²) in [6.07, 6.45) is 5.98. The minimum Gasteiger partial charge on any atom is -0.748 e. The Bertz CT molecular complexity index is 662. The highest BCUT2D eigenvalue weighted by atomic mass is 32.2. The first kappa shape index (κ1) is 22.9. The van der Waals surface area contributed by atoms with Crippen molar-refractivity contribution >= 4 is 32.6 Å². The summed E-state index contributed by atoms with van der Waals surface area (Å²) in [5, 5.41) is 0. The summed E-state index contributed by atoms with van der Waals surface area (Å²) in [7, 11) is -3.87. The SMILES string of the molecule is CC(C)C(=O)C[S+]1CCCCC1.CC1(C)C2CCC1(CS(=O)(=O)[O-])C(=O)C2. The van der Waals surface area contributed by atoms with Crippen molar-refractivity contribution in [1.82, 2.24) is 0 Å². The van der Waals surface area contributed by atoms with E-state index in [1.807, 2.05) is 27.7 Å². The third kappa shape index (κ3) is 5.15. The lowest BCUT2D eigenvalue weighted by Crippen LogP contribution is -2.42. The average Bonchev–Trinajstić information content (AvgIpc) is 2.89. The van der Waals surface area contributed by atoms with Crippen LogP contribution in [0.15, 0.2) is 0 Å². The van der Waals surface area contributed by atoms with Gasteiger partial charge in [0.15, 0.2) is 11.5 Å². The maximum Gasteiger partial charge on any atom is 0.184 e. The normalized spacial score (nSPS) is 30.3. The second-order valence-electron chi connectivity index (χ2n) is 9.22. The molecule has 2 atom stereocenters. The Morgan fingerprint density at radius 2 is 1.81 bits per heavy atom. The predicted octanol–water partition coefficient (Wildman–Crippen LogP) is 2.94. The van der Waals surface area contributed by atoms with Crippen LogP contribution in [0, 0.1) is 22.7 Å². The van der Waals surface area contributed by atoms with Crippen molar-refractivity contribution in [2.45, 2.75) is 66.2 Å². The smallest absolute Gasteiger partial charge is 0.184 e. The van der Waals surface area contributed by atoms with Gasteiger partial charge >= 0.3 is 0 Å². The number of carbonyl (C=O) groups is 2. The van der Waals surface area contributed by atoms with Gasteiger partial charge in [0.2, 0.25) is 0 Å². The topological polar surface area (TPSA) is 91.3 Å². The van der Waals surface area contributed by atoms with Gasteiger partial charge in [-0.1, -0.05) is 27.7 Å². The van der Waals surface area contributed by atoms with Gasteiger partial charge in [0.05, 0.1) is 15.9 Å². The molecule has 2 aliphatic carbocycles. The molecule has 1 heterocycles. The fourth-order valence-electron chi connectivity index (χ4n) is 4.81. The van der Waals surface area contributed by atoms with Gasteiger partial charge in [0, 0.05) is 17.8 Å². The lowest BCUT2D eigenvalue weighted by atomic mass is 9.70. The van der Waals surface area contributed by atoms with E-state index in [4.69, 9.17) is 0 Å². The lowest BCUT2D eigenvalue weighted by Gasteiger charge is -2.37. The Morgan fingerprint density at radius 3 is 2.22 bits per heavy atom. The van der Waals surface area contributed by atoms with E-state index >= 15 is 0 Å². The largest absolute Gasteiger partial charge is 0.748 e. The molecule has 3 rings (SSSR count). The zero-order valence-corrected chi connectivity index (χ0v) is 18.7. The summed E-state index contributed by atoms with van der Waals surface area (Å²) in [5.74, 6) is 3.95. The van der Waals surface area contributed by atoms with E-state index in [1.165, 1.54) is 30.8 Å². The fraction of sp³-hybridized carbons (Fsp3) is 0.900. The van der Waals surface area contributed by atoms with Gasteiger partial charge < -0.3 is 4.55 Å². The molecule has 5 nitrogen and oxygen atoms in total. The molecule has 2 unspecified atom stereocenters. The molecule has 0 spiro atoms. The Hall–Kier alpha value is -0.400. The molecule has 3 fully saturated rings. The average molecular weight is 419 g/mol. The third-order valence-corrected chi connectivity index (χ3v) is 10.2. The zero-order chi connectivity index (χ0) is 20.5. The summed E-state index contributed by atoms with van der Waals surface area (Å²) < 4.78 is 32.7. The highest BCUT2D eigenvalue weighted by Crippen LogP contribution is 2.64.